The van der Waals surface area contributed by atoms with Crippen molar-refractivity contribution in [3.8, 4) is 33.4 Å². The summed E-state index contributed by atoms with van der Waals surface area (Å²) in [7, 11) is 0. The second-order valence-corrected chi connectivity index (χ2v) is 14.9. The maximum Gasteiger partial charge on any atom is 0.0714 e. The van der Waals surface area contributed by atoms with Gasteiger partial charge in [-0.25, -0.2) is 0 Å². The van der Waals surface area contributed by atoms with Crippen LogP contribution in [0.2, 0.25) is 0 Å². The third-order valence-electron chi connectivity index (χ3n) is 11.9. The molecule has 0 N–H and O–H groups in total. The van der Waals surface area contributed by atoms with E-state index >= 15 is 0 Å². The Labute approximate surface area is 322 Å². The molecule has 9 aromatic carbocycles. The summed E-state index contributed by atoms with van der Waals surface area (Å²) in [5.74, 6) is 0. The van der Waals surface area contributed by atoms with Gasteiger partial charge in [0, 0.05) is 17.1 Å². The van der Waals surface area contributed by atoms with Crippen molar-refractivity contribution in [2.75, 3.05) is 4.90 Å². The van der Waals surface area contributed by atoms with Gasteiger partial charge in [0.05, 0.1) is 5.41 Å². The van der Waals surface area contributed by atoms with Gasteiger partial charge in [-0.05, 0) is 126 Å². The van der Waals surface area contributed by atoms with Gasteiger partial charge in [0.2, 0.25) is 0 Å². The van der Waals surface area contributed by atoms with Gasteiger partial charge < -0.3 is 4.90 Å². The Morgan fingerprint density at radius 3 is 1.67 bits per heavy atom. The van der Waals surface area contributed by atoms with Gasteiger partial charge in [-0.15, -0.1) is 0 Å². The molecule has 0 saturated carbocycles. The molecule has 0 aromatic heterocycles. The fourth-order valence-electron chi connectivity index (χ4n) is 9.46. The van der Waals surface area contributed by atoms with E-state index in [-0.39, 0.29) is 0 Å². The quantitative estimate of drug-likeness (QED) is 0.167. The van der Waals surface area contributed by atoms with Gasteiger partial charge in [-0.2, -0.15) is 0 Å². The summed E-state index contributed by atoms with van der Waals surface area (Å²) in [6.45, 7) is 0. The lowest BCUT2D eigenvalue weighted by atomic mass is 9.67. The molecule has 0 bridgehead atoms. The van der Waals surface area contributed by atoms with E-state index in [1.807, 2.05) is 0 Å². The molecule has 0 aliphatic heterocycles. The minimum Gasteiger partial charge on any atom is -0.310 e. The normalized spacial score (nSPS) is 13.2. The van der Waals surface area contributed by atoms with Crippen molar-refractivity contribution in [2.45, 2.75) is 11.8 Å². The van der Waals surface area contributed by atoms with E-state index in [0.29, 0.717) is 0 Å². The number of nitrogens with zero attached hydrogens (tertiary/aromatic N) is 1. The first-order valence-corrected chi connectivity index (χ1v) is 19.2. The van der Waals surface area contributed by atoms with Gasteiger partial charge in [-0.1, -0.05) is 170 Å². The summed E-state index contributed by atoms with van der Waals surface area (Å²) in [6, 6.07) is 78.7. The van der Waals surface area contributed by atoms with Gasteiger partial charge in [0.15, 0.2) is 0 Å². The molecule has 11 rings (SSSR count). The average Bonchev–Trinajstić information content (AvgIpc) is 3.77. The van der Waals surface area contributed by atoms with Crippen LogP contribution >= 0.6 is 0 Å². The van der Waals surface area contributed by atoms with E-state index in [1.54, 1.807) is 0 Å². The summed E-state index contributed by atoms with van der Waals surface area (Å²) in [6.07, 6.45) is 0.944. The monoisotopic (exact) mass is 699 g/mol. The molecular formula is C54H37N. The van der Waals surface area contributed by atoms with E-state index in [1.165, 1.54) is 77.5 Å². The molecule has 55 heavy (non-hydrogen) atoms. The van der Waals surface area contributed by atoms with Crippen molar-refractivity contribution in [3.63, 3.8) is 0 Å². The topological polar surface area (TPSA) is 3.24 Å². The zero-order valence-electron chi connectivity index (χ0n) is 30.4. The Kier molecular flexibility index (Phi) is 7.22. The van der Waals surface area contributed by atoms with Gasteiger partial charge in [0.25, 0.3) is 0 Å². The smallest absolute Gasteiger partial charge is 0.0714 e. The lowest BCUT2D eigenvalue weighted by molar-refractivity contribution is 0.768. The van der Waals surface area contributed by atoms with Crippen LogP contribution in [0.4, 0.5) is 17.1 Å². The number of fused-ring (bicyclic) bond motifs is 7. The fraction of sp³-hybridized carbons (Fsp3) is 0.0370. The van der Waals surface area contributed by atoms with Crippen molar-refractivity contribution in [3.05, 3.63) is 246 Å². The maximum atomic E-state index is 2.48. The van der Waals surface area contributed by atoms with Crippen molar-refractivity contribution in [1.82, 2.24) is 0 Å². The lowest BCUT2D eigenvalue weighted by Gasteiger charge is -2.35. The Bertz CT molecular complexity index is 2850. The number of anilines is 3. The first-order chi connectivity index (χ1) is 27.3. The predicted octanol–water partition coefficient (Wildman–Crippen LogP) is 13.9. The summed E-state index contributed by atoms with van der Waals surface area (Å²) in [5.41, 5.74) is 18.5. The molecule has 0 amide bonds. The van der Waals surface area contributed by atoms with Crippen LogP contribution in [-0.4, -0.2) is 0 Å². The summed E-state index contributed by atoms with van der Waals surface area (Å²) in [4.78, 5) is 2.47. The van der Waals surface area contributed by atoms with E-state index < -0.39 is 5.41 Å². The molecule has 258 valence electrons. The minimum absolute atomic E-state index is 0.521. The first-order valence-electron chi connectivity index (χ1n) is 19.2. The molecule has 2 aliphatic carbocycles. The van der Waals surface area contributed by atoms with Crippen LogP contribution in [0, 0.1) is 0 Å². The van der Waals surface area contributed by atoms with Crippen molar-refractivity contribution in [2.24, 2.45) is 0 Å². The second-order valence-electron chi connectivity index (χ2n) is 14.9. The Hall–Kier alpha value is -6.96. The average molecular weight is 700 g/mol. The SMILES string of the molecule is c1ccc(-c2ccc3c(c2)-c2ccc(N(c4ccc5c(c4)Cc4ccccc4-5)c4ccc5ccccc5c4)cc2C3(c2ccccc2)c2ccccc2)cc1. The zero-order chi connectivity index (χ0) is 36.3. The summed E-state index contributed by atoms with van der Waals surface area (Å²) in [5, 5.41) is 2.46. The molecule has 0 atom stereocenters. The van der Waals surface area contributed by atoms with Crippen LogP contribution in [0.3, 0.4) is 0 Å². The summed E-state index contributed by atoms with van der Waals surface area (Å²) >= 11 is 0. The molecule has 0 heterocycles. The molecule has 0 spiro atoms. The predicted molar refractivity (Wildman–Crippen MR) is 230 cm³/mol. The van der Waals surface area contributed by atoms with E-state index in [9.17, 15) is 0 Å². The summed E-state index contributed by atoms with van der Waals surface area (Å²) < 4.78 is 0. The highest BCUT2D eigenvalue weighted by atomic mass is 15.1. The van der Waals surface area contributed by atoms with Gasteiger partial charge in [-0.3, -0.25) is 0 Å². The molecule has 0 unspecified atom stereocenters. The second kappa shape index (κ2) is 12.6. The van der Waals surface area contributed by atoms with E-state index in [4.69, 9.17) is 0 Å². The standard InChI is InChI=1S/C54H37N/c1-4-14-37(15-5-1)40-25-31-52-51(35-40)50-30-28-47(36-53(50)54(52,43-19-6-2-7-20-43)44-21-8-3-9-22-44)55(45-26-24-38-16-10-11-17-39(38)33-45)46-27-29-49-42(34-46)32-41-18-12-13-23-48(41)49/h1-31,33-36H,32H2. The molecule has 9 aromatic rings. The third kappa shape index (κ3) is 4.94. The van der Waals surface area contributed by atoms with Crippen molar-refractivity contribution >= 4 is 27.8 Å². The zero-order valence-corrected chi connectivity index (χ0v) is 30.4. The van der Waals surface area contributed by atoms with E-state index in [2.05, 4.69) is 217 Å². The number of benzene rings is 9. The van der Waals surface area contributed by atoms with Crippen molar-refractivity contribution < 1.29 is 0 Å². The maximum absolute atomic E-state index is 2.48. The van der Waals surface area contributed by atoms with Crippen LogP contribution in [0.1, 0.15) is 33.4 Å². The molecule has 1 nitrogen and oxygen atoms in total. The highest BCUT2D eigenvalue weighted by Crippen LogP contribution is 2.58. The molecule has 1 heteroatoms. The number of hydrogen-bond donors (Lipinski definition) is 0. The van der Waals surface area contributed by atoms with Crippen LogP contribution < -0.4 is 4.90 Å². The van der Waals surface area contributed by atoms with E-state index in [0.717, 1.165) is 23.5 Å². The van der Waals surface area contributed by atoms with Gasteiger partial charge in [0.1, 0.15) is 0 Å². The van der Waals surface area contributed by atoms with Crippen LogP contribution in [0.25, 0.3) is 44.2 Å². The largest absolute Gasteiger partial charge is 0.310 e. The highest BCUT2D eigenvalue weighted by Gasteiger charge is 2.46. The van der Waals surface area contributed by atoms with Crippen LogP contribution in [0.15, 0.2) is 212 Å². The number of rotatable bonds is 6. The molecule has 0 radical (unpaired) electrons. The lowest BCUT2D eigenvalue weighted by Crippen LogP contribution is -2.28. The van der Waals surface area contributed by atoms with Gasteiger partial charge >= 0.3 is 0 Å². The molecule has 0 saturated heterocycles. The first kappa shape index (κ1) is 31.6. The number of hydrogen-bond acceptors (Lipinski definition) is 1. The Morgan fingerprint density at radius 1 is 0.327 bits per heavy atom. The minimum atomic E-state index is -0.521. The highest BCUT2D eigenvalue weighted by molar-refractivity contribution is 5.94. The van der Waals surface area contributed by atoms with Crippen LogP contribution in [-0.2, 0) is 11.8 Å². The Balaban J connectivity index is 1.17. The Morgan fingerprint density at radius 2 is 0.909 bits per heavy atom. The molecular weight excluding hydrogens is 663 g/mol. The molecule has 2 aliphatic rings. The molecule has 0 fully saturated rings. The van der Waals surface area contributed by atoms with Crippen molar-refractivity contribution in [1.29, 1.82) is 0 Å². The van der Waals surface area contributed by atoms with Crippen LogP contribution in [0.5, 0.6) is 0 Å². The third-order valence-corrected chi connectivity index (χ3v) is 11.9. The fourth-order valence-corrected chi connectivity index (χ4v) is 9.46.